The molecule has 0 N–H and O–H groups in total. The smallest absolute Gasteiger partial charge is 0.144 e. The van der Waals surface area contributed by atoms with Crippen LogP contribution in [0.2, 0.25) is 0 Å². The average molecular weight is 334 g/mol. The van der Waals surface area contributed by atoms with Gasteiger partial charge in [-0.3, -0.25) is 4.90 Å². The largest absolute Gasteiger partial charge is 0.384 e. The number of halogens is 3. The van der Waals surface area contributed by atoms with Crippen LogP contribution in [0.5, 0.6) is 0 Å². The Balaban J connectivity index is 1.98. The second-order valence-electron chi connectivity index (χ2n) is 5.00. The number of hydrogen-bond donors (Lipinski definition) is 0. The maximum absolute atomic E-state index is 13.9. The van der Waals surface area contributed by atoms with Gasteiger partial charge in [-0.25, -0.2) is 8.78 Å². The topological polar surface area (TPSA) is 12.5 Å². The average Bonchev–Trinajstić information content (AvgIpc) is 2.41. The van der Waals surface area contributed by atoms with Gasteiger partial charge in [-0.1, -0.05) is 0 Å². The number of benzene rings is 1. The van der Waals surface area contributed by atoms with E-state index in [1.807, 2.05) is 0 Å². The van der Waals surface area contributed by atoms with Gasteiger partial charge in [0.25, 0.3) is 0 Å². The van der Waals surface area contributed by atoms with Crippen LogP contribution in [0.4, 0.5) is 8.78 Å². The van der Waals surface area contributed by atoms with E-state index in [0.29, 0.717) is 16.9 Å². The van der Waals surface area contributed by atoms with Gasteiger partial charge in [0.2, 0.25) is 0 Å². The van der Waals surface area contributed by atoms with E-state index < -0.39 is 11.6 Å². The van der Waals surface area contributed by atoms with Crippen molar-refractivity contribution < 1.29 is 13.5 Å². The summed E-state index contributed by atoms with van der Waals surface area (Å²) in [5.74, 6) is -0.391. The molecule has 0 spiro atoms. The van der Waals surface area contributed by atoms with E-state index in [0.717, 1.165) is 32.5 Å². The van der Waals surface area contributed by atoms with E-state index in [1.54, 1.807) is 7.11 Å². The van der Waals surface area contributed by atoms with Gasteiger partial charge in [-0.15, -0.1) is 0 Å². The van der Waals surface area contributed by atoms with Crippen LogP contribution < -0.4 is 0 Å². The molecule has 1 aromatic rings. The molecule has 106 valence electrons. The molecule has 0 aliphatic carbocycles. The summed E-state index contributed by atoms with van der Waals surface area (Å²) in [4.78, 5) is 2.10. The number of ether oxygens (including phenoxy) is 1. The molecular formula is C14H18BrF2NO. The molecule has 0 aromatic heterocycles. The van der Waals surface area contributed by atoms with E-state index in [-0.39, 0.29) is 5.56 Å². The molecule has 0 unspecified atom stereocenters. The van der Waals surface area contributed by atoms with Crippen molar-refractivity contribution in [3.8, 4) is 0 Å². The fraction of sp³-hybridized carbons (Fsp3) is 0.571. The van der Waals surface area contributed by atoms with Crippen molar-refractivity contribution in [2.24, 2.45) is 5.92 Å². The quantitative estimate of drug-likeness (QED) is 0.781. The van der Waals surface area contributed by atoms with E-state index in [4.69, 9.17) is 4.74 Å². The molecule has 2 rings (SSSR count). The third-order valence-corrected chi connectivity index (χ3v) is 4.24. The minimum absolute atomic E-state index is 0.152. The molecule has 1 aromatic carbocycles. The lowest BCUT2D eigenvalue weighted by atomic mass is 9.97. The summed E-state index contributed by atoms with van der Waals surface area (Å²) in [6.45, 7) is 2.82. The lowest BCUT2D eigenvalue weighted by Gasteiger charge is -2.31. The molecule has 5 heteroatoms. The first-order chi connectivity index (χ1) is 9.11. The maximum atomic E-state index is 13.9. The third-order valence-electron chi connectivity index (χ3n) is 3.63. The summed E-state index contributed by atoms with van der Waals surface area (Å²) < 4.78 is 33.0. The van der Waals surface area contributed by atoms with Crippen LogP contribution in [0, 0.1) is 17.6 Å². The first-order valence-electron chi connectivity index (χ1n) is 6.45. The molecule has 19 heavy (non-hydrogen) atoms. The van der Waals surface area contributed by atoms with E-state index in [9.17, 15) is 8.78 Å². The van der Waals surface area contributed by atoms with E-state index >= 15 is 0 Å². The predicted molar refractivity (Wildman–Crippen MR) is 73.9 cm³/mol. The van der Waals surface area contributed by atoms with Gasteiger partial charge in [0.1, 0.15) is 11.6 Å². The van der Waals surface area contributed by atoms with Crippen molar-refractivity contribution in [3.05, 3.63) is 33.8 Å². The Bertz CT molecular complexity index is 434. The first kappa shape index (κ1) is 14.9. The molecule has 1 saturated heterocycles. The normalized spacial score (nSPS) is 17.9. The first-order valence-corrected chi connectivity index (χ1v) is 7.24. The molecular weight excluding hydrogens is 316 g/mol. The van der Waals surface area contributed by atoms with Crippen LogP contribution in [0.1, 0.15) is 18.4 Å². The monoisotopic (exact) mass is 333 g/mol. The molecule has 0 radical (unpaired) electrons. The van der Waals surface area contributed by atoms with Crippen molar-refractivity contribution in [1.29, 1.82) is 0 Å². The van der Waals surface area contributed by atoms with Crippen molar-refractivity contribution >= 4 is 15.9 Å². The van der Waals surface area contributed by atoms with Gasteiger partial charge in [-0.2, -0.15) is 0 Å². The number of likely N-dealkylation sites (tertiary alicyclic amines) is 1. The van der Waals surface area contributed by atoms with Crippen LogP contribution in [-0.2, 0) is 11.3 Å². The minimum atomic E-state index is -0.487. The van der Waals surface area contributed by atoms with Gasteiger partial charge in [-0.05, 0) is 59.9 Å². The van der Waals surface area contributed by atoms with Gasteiger partial charge >= 0.3 is 0 Å². The standard InChI is InChI=1S/C14H18BrF2NO/c1-19-9-10-4-6-18(7-5-10)8-11-13(16)3-2-12(15)14(11)17/h2-3,10H,4-9H2,1H3. The highest BCUT2D eigenvalue weighted by molar-refractivity contribution is 9.10. The second kappa shape index (κ2) is 6.77. The predicted octanol–water partition coefficient (Wildman–Crippen LogP) is 3.59. The van der Waals surface area contributed by atoms with Crippen molar-refractivity contribution in [3.63, 3.8) is 0 Å². The third kappa shape index (κ3) is 3.74. The molecule has 1 fully saturated rings. The highest BCUT2D eigenvalue weighted by atomic mass is 79.9. The number of methoxy groups -OCH3 is 1. The lowest BCUT2D eigenvalue weighted by molar-refractivity contribution is 0.0958. The molecule has 0 saturated carbocycles. The van der Waals surface area contributed by atoms with Gasteiger partial charge in [0.15, 0.2) is 0 Å². The summed E-state index contributed by atoms with van der Waals surface area (Å²) in [6.07, 6.45) is 2.04. The van der Waals surface area contributed by atoms with Gasteiger partial charge < -0.3 is 4.74 Å². The summed E-state index contributed by atoms with van der Waals surface area (Å²) in [5.41, 5.74) is 0.152. The highest BCUT2D eigenvalue weighted by Gasteiger charge is 2.21. The Hall–Kier alpha value is -0.520. The highest BCUT2D eigenvalue weighted by Crippen LogP contribution is 2.25. The molecule has 0 atom stereocenters. The fourth-order valence-electron chi connectivity index (χ4n) is 2.48. The van der Waals surface area contributed by atoms with Gasteiger partial charge in [0, 0.05) is 25.8 Å². The van der Waals surface area contributed by atoms with E-state index in [1.165, 1.54) is 12.1 Å². The number of hydrogen-bond acceptors (Lipinski definition) is 2. The zero-order chi connectivity index (χ0) is 13.8. The number of piperidine rings is 1. The fourth-order valence-corrected chi connectivity index (χ4v) is 2.86. The zero-order valence-corrected chi connectivity index (χ0v) is 12.6. The maximum Gasteiger partial charge on any atom is 0.144 e. The van der Waals surface area contributed by atoms with Crippen molar-refractivity contribution in [1.82, 2.24) is 4.90 Å². The second-order valence-corrected chi connectivity index (χ2v) is 5.85. The Morgan fingerprint density at radius 1 is 1.32 bits per heavy atom. The molecule has 1 heterocycles. The Morgan fingerprint density at radius 3 is 2.63 bits per heavy atom. The molecule has 1 aliphatic rings. The van der Waals surface area contributed by atoms with Crippen LogP contribution in [0.3, 0.4) is 0 Å². The molecule has 2 nitrogen and oxygen atoms in total. The van der Waals surface area contributed by atoms with Crippen LogP contribution >= 0.6 is 15.9 Å². The minimum Gasteiger partial charge on any atom is -0.384 e. The molecule has 0 amide bonds. The van der Waals surface area contributed by atoms with Crippen LogP contribution in [0.25, 0.3) is 0 Å². The van der Waals surface area contributed by atoms with Crippen LogP contribution in [0.15, 0.2) is 16.6 Å². The summed E-state index contributed by atoms with van der Waals surface area (Å²) in [7, 11) is 1.71. The lowest BCUT2D eigenvalue weighted by Crippen LogP contribution is -2.35. The zero-order valence-electron chi connectivity index (χ0n) is 11.0. The SMILES string of the molecule is COCC1CCN(Cc2c(F)ccc(Br)c2F)CC1. The summed E-state index contributed by atoms with van der Waals surface area (Å²) in [6, 6.07) is 2.71. The number of nitrogens with zero attached hydrogens (tertiary/aromatic N) is 1. The van der Waals surface area contributed by atoms with Gasteiger partial charge in [0.05, 0.1) is 4.47 Å². The van der Waals surface area contributed by atoms with E-state index in [2.05, 4.69) is 20.8 Å². The number of rotatable bonds is 4. The Morgan fingerprint density at radius 2 is 2.00 bits per heavy atom. The molecule has 0 bridgehead atoms. The van der Waals surface area contributed by atoms with Crippen molar-refractivity contribution in [2.45, 2.75) is 19.4 Å². The Kier molecular flexibility index (Phi) is 5.30. The van der Waals surface area contributed by atoms with Crippen LogP contribution in [-0.4, -0.2) is 31.7 Å². The summed E-state index contributed by atoms with van der Waals surface area (Å²) in [5, 5.41) is 0. The summed E-state index contributed by atoms with van der Waals surface area (Å²) >= 11 is 3.10. The van der Waals surface area contributed by atoms with Crippen molar-refractivity contribution in [2.75, 3.05) is 26.8 Å². The molecule has 1 aliphatic heterocycles. The Labute approximate surface area is 120 Å².